The quantitative estimate of drug-likeness (QED) is 0.456. The molecule has 3 aliphatic rings. The fraction of sp³-hybridized carbons (Fsp3) is 0.533. The number of alkyl halides is 1. The maximum Gasteiger partial charge on any atom is 0.310 e. The molecule has 4 heteroatoms. The van der Waals surface area contributed by atoms with Crippen molar-refractivity contribution < 1.29 is 14.3 Å². The van der Waals surface area contributed by atoms with E-state index in [4.69, 9.17) is 9.47 Å². The standard InChI is InChI=1S/C15H15IO3/c1-18-10-5-3-2-4-7(10)11-8-6-9-12(11)15(17)19-14(9)13(8)16/h2-5,8-9,11-14H,6H2,1H3/t8-,9+,11+,12+,13-,14-/m0/s1. The lowest BCUT2D eigenvalue weighted by Crippen LogP contribution is -2.32. The zero-order valence-electron chi connectivity index (χ0n) is 10.6. The molecule has 2 aliphatic carbocycles. The van der Waals surface area contributed by atoms with Crippen molar-refractivity contribution in [3.63, 3.8) is 0 Å². The lowest BCUT2D eigenvalue weighted by atomic mass is 9.76. The molecule has 1 saturated heterocycles. The highest BCUT2D eigenvalue weighted by Crippen LogP contribution is 2.64. The lowest BCUT2D eigenvalue weighted by molar-refractivity contribution is -0.143. The van der Waals surface area contributed by atoms with Crippen molar-refractivity contribution in [2.45, 2.75) is 22.4 Å². The Hall–Kier alpha value is -0.780. The number of hydrogen-bond donors (Lipinski definition) is 0. The lowest BCUT2D eigenvalue weighted by Gasteiger charge is -2.29. The molecule has 0 radical (unpaired) electrons. The van der Waals surface area contributed by atoms with Gasteiger partial charge in [0.05, 0.1) is 17.0 Å². The van der Waals surface area contributed by atoms with Gasteiger partial charge in [0.2, 0.25) is 0 Å². The van der Waals surface area contributed by atoms with Gasteiger partial charge in [0.25, 0.3) is 0 Å². The summed E-state index contributed by atoms with van der Waals surface area (Å²) in [5.74, 6) is 2.21. The Bertz CT molecular complexity index is 544. The minimum Gasteiger partial charge on any atom is -0.496 e. The number of para-hydroxylation sites is 1. The SMILES string of the molecule is COc1ccccc1[C@@H]1[C@@H]2C[C@H]3[C@H](OC(=O)[C@H]31)[C@H]2I. The summed E-state index contributed by atoms with van der Waals surface area (Å²) in [4.78, 5) is 12.2. The third kappa shape index (κ3) is 1.46. The van der Waals surface area contributed by atoms with Gasteiger partial charge in [-0.15, -0.1) is 0 Å². The number of halogens is 1. The molecule has 1 aromatic rings. The van der Waals surface area contributed by atoms with Crippen LogP contribution in [-0.4, -0.2) is 23.1 Å². The predicted molar refractivity (Wildman–Crippen MR) is 78.5 cm³/mol. The highest BCUT2D eigenvalue weighted by Gasteiger charge is 2.66. The summed E-state index contributed by atoms with van der Waals surface area (Å²) < 4.78 is 11.5. The topological polar surface area (TPSA) is 35.5 Å². The first kappa shape index (κ1) is 12.0. The fourth-order valence-corrected chi connectivity index (χ4v) is 5.76. The first-order valence-corrected chi connectivity index (χ1v) is 7.94. The molecular formula is C15H15IO3. The third-order valence-electron chi connectivity index (χ3n) is 5.02. The first-order chi connectivity index (χ1) is 9.22. The van der Waals surface area contributed by atoms with E-state index in [2.05, 4.69) is 28.7 Å². The highest BCUT2D eigenvalue weighted by atomic mass is 127. The van der Waals surface area contributed by atoms with Gasteiger partial charge in [0.1, 0.15) is 11.9 Å². The van der Waals surface area contributed by atoms with Crippen LogP contribution in [0.3, 0.4) is 0 Å². The molecule has 3 fully saturated rings. The van der Waals surface area contributed by atoms with Crippen LogP contribution in [0.1, 0.15) is 17.9 Å². The summed E-state index contributed by atoms with van der Waals surface area (Å²) in [6.45, 7) is 0. The van der Waals surface area contributed by atoms with E-state index in [-0.39, 0.29) is 23.9 Å². The van der Waals surface area contributed by atoms with Crippen LogP contribution in [0, 0.1) is 17.8 Å². The zero-order valence-corrected chi connectivity index (χ0v) is 12.7. The second-order valence-electron chi connectivity index (χ2n) is 5.70. The van der Waals surface area contributed by atoms with E-state index in [0.717, 1.165) is 12.2 Å². The van der Waals surface area contributed by atoms with Crippen molar-refractivity contribution >= 4 is 28.6 Å². The normalized spacial score (nSPS) is 42.5. The Balaban J connectivity index is 1.81. The minimum atomic E-state index is 0.00701. The number of methoxy groups -OCH3 is 1. The molecule has 6 atom stereocenters. The van der Waals surface area contributed by atoms with E-state index >= 15 is 0 Å². The molecule has 2 bridgehead atoms. The van der Waals surface area contributed by atoms with Gasteiger partial charge in [-0.2, -0.15) is 0 Å². The van der Waals surface area contributed by atoms with Crippen LogP contribution in [0.4, 0.5) is 0 Å². The van der Waals surface area contributed by atoms with Gasteiger partial charge in [-0.25, -0.2) is 0 Å². The van der Waals surface area contributed by atoms with Gasteiger partial charge < -0.3 is 9.47 Å². The minimum absolute atomic E-state index is 0.00701. The molecule has 1 aromatic carbocycles. The number of benzene rings is 1. The summed E-state index contributed by atoms with van der Waals surface area (Å²) in [7, 11) is 1.70. The van der Waals surface area contributed by atoms with Crippen molar-refractivity contribution in [2.75, 3.05) is 7.11 Å². The second kappa shape index (κ2) is 4.11. The van der Waals surface area contributed by atoms with Crippen molar-refractivity contribution in [1.82, 2.24) is 0 Å². The van der Waals surface area contributed by atoms with Gasteiger partial charge >= 0.3 is 5.97 Å². The van der Waals surface area contributed by atoms with E-state index in [1.165, 1.54) is 5.56 Å². The van der Waals surface area contributed by atoms with Crippen LogP contribution < -0.4 is 4.74 Å². The molecule has 0 spiro atoms. The molecule has 3 nitrogen and oxygen atoms in total. The van der Waals surface area contributed by atoms with Gasteiger partial charge in [-0.1, -0.05) is 40.8 Å². The summed E-state index contributed by atoms with van der Waals surface area (Å²) in [6.07, 6.45) is 1.28. The van der Waals surface area contributed by atoms with Crippen molar-refractivity contribution in [1.29, 1.82) is 0 Å². The Morgan fingerprint density at radius 3 is 2.84 bits per heavy atom. The van der Waals surface area contributed by atoms with Gasteiger partial charge in [-0.05, 0) is 24.0 Å². The molecule has 100 valence electrons. The smallest absolute Gasteiger partial charge is 0.310 e. The molecule has 1 aliphatic heterocycles. The van der Waals surface area contributed by atoms with Gasteiger partial charge in [0.15, 0.2) is 0 Å². The average molecular weight is 370 g/mol. The highest BCUT2D eigenvalue weighted by molar-refractivity contribution is 14.1. The van der Waals surface area contributed by atoms with Crippen LogP contribution in [0.25, 0.3) is 0 Å². The second-order valence-corrected chi connectivity index (χ2v) is 7.14. The summed E-state index contributed by atoms with van der Waals surface area (Å²) >= 11 is 2.47. The number of esters is 1. The first-order valence-electron chi connectivity index (χ1n) is 6.70. The summed E-state index contributed by atoms with van der Waals surface area (Å²) in [5, 5.41) is 0. The number of ether oxygens (including phenoxy) is 2. The Morgan fingerprint density at radius 2 is 2.05 bits per heavy atom. The maximum absolute atomic E-state index is 12.2. The number of carbonyl (C=O) groups is 1. The van der Waals surface area contributed by atoms with Crippen LogP contribution in [-0.2, 0) is 9.53 Å². The van der Waals surface area contributed by atoms with Crippen LogP contribution in [0.5, 0.6) is 5.75 Å². The number of carbonyl (C=O) groups excluding carboxylic acids is 1. The van der Waals surface area contributed by atoms with E-state index in [1.807, 2.05) is 18.2 Å². The zero-order chi connectivity index (χ0) is 13.1. The van der Waals surface area contributed by atoms with Crippen molar-refractivity contribution in [2.24, 2.45) is 17.8 Å². The summed E-state index contributed by atoms with van der Waals surface area (Å²) in [6, 6.07) is 8.10. The van der Waals surface area contributed by atoms with Gasteiger partial charge in [-0.3, -0.25) is 4.79 Å². The maximum atomic E-state index is 12.2. The molecule has 0 amide bonds. The molecule has 19 heavy (non-hydrogen) atoms. The monoisotopic (exact) mass is 370 g/mol. The van der Waals surface area contributed by atoms with Crippen LogP contribution in [0.15, 0.2) is 24.3 Å². The number of fused-ring (bicyclic) bond motifs is 1. The predicted octanol–water partition coefficient (Wildman–Crippen LogP) is 2.77. The van der Waals surface area contributed by atoms with Crippen LogP contribution >= 0.6 is 22.6 Å². The molecule has 1 heterocycles. The van der Waals surface area contributed by atoms with E-state index < -0.39 is 0 Å². The van der Waals surface area contributed by atoms with E-state index in [9.17, 15) is 4.79 Å². The Morgan fingerprint density at radius 1 is 1.26 bits per heavy atom. The number of hydrogen-bond acceptors (Lipinski definition) is 3. The molecule has 2 saturated carbocycles. The Labute approximate surface area is 125 Å². The molecule has 0 aromatic heterocycles. The Kier molecular flexibility index (Phi) is 2.59. The van der Waals surface area contributed by atoms with Crippen molar-refractivity contribution in [3.05, 3.63) is 29.8 Å². The molecule has 0 N–H and O–H groups in total. The number of rotatable bonds is 2. The van der Waals surface area contributed by atoms with Gasteiger partial charge in [0, 0.05) is 11.8 Å². The third-order valence-corrected chi connectivity index (χ3v) is 6.65. The molecular weight excluding hydrogens is 355 g/mol. The largest absolute Gasteiger partial charge is 0.496 e. The van der Waals surface area contributed by atoms with E-state index in [1.54, 1.807) is 7.11 Å². The van der Waals surface area contributed by atoms with E-state index in [0.29, 0.717) is 15.8 Å². The molecule has 4 rings (SSSR count). The van der Waals surface area contributed by atoms with Crippen LogP contribution in [0.2, 0.25) is 0 Å². The molecule has 0 unspecified atom stereocenters. The summed E-state index contributed by atoms with van der Waals surface area (Å²) in [5.41, 5.74) is 1.18. The average Bonchev–Trinajstić information content (AvgIpc) is 3.03. The van der Waals surface area contributed by atoms with Crippen molar-refractivity contribution in [3.8, 4) is 5.75 Å². The fourth-order valence-electron chi connectivity index (χ4n) is 4.34.